The zero-order valence-electron chi connectivity index (χ0n) is 24.5. The molecule has 5 N–H and O–H groups in total. The average molecular weight is 554 g/mol. The molecule has 8 heteroatoms. The van der Waals surface area contributed by atoms with Crippen LogP contribution in [0.25, 0.3) is 0 Å². The highest BCUT2D eigenvalue weighted by atomic mass is 16.4. The summed E-state index contributed by atoms with van der Waals surface area (Å²) in [6.07, 6.45) is 7.81. The van der Waals surface area contributed by atoms with Crippen molar-refractivity contribution in [3.63, 3.8) is 0 Å². The number of Topliss-reactive ketones (excluding diaryl/α,β-unsaturated/α-hetero) is 1. The number of benzene rings is 2. The van der Waals surface area contributed by atoms with Crippen LogP contribution in [0.5, 0.6) is 0 Å². The van der Waals surface area contributed by atoms with Crippen molar-refractivity contribution in [1.82, 2.24) is 0 Å². The van der Waals surface area contributed by atoms with E-state index in [0.29, 0.717) is 0 Å². The molecular weight excluding hydrogens is 506 g/mol. The van der Waals surface area contributed by atoms with Crippen molar-refractivity contribution in [3.8, 4) is 0 Å². The SMILES string of the molecule is CC(=O)C(C)CCCCCC(=O)O.CC1=Nc2ccccc2C1(C)CCCCCC(=O)O.NNc1ccccc1. The van der Waals surface area contributed by atoms with Crippen LogP contribution < -0.4 is 11.3 Å². The Kier molecular flexibility index (Phi) is 16.1. The van der Waals surface area contributed by atoms with Gasteiger partial charge in [0.2, 0.25) is 0 Å². The summed E-state index contributed by atoms with van der Waals surface area (Å²) in [5.74, 6) is 4.01. The number of aliphatic carboxylic acids is 2. The van der Waals surface area contributed by atoms with Crippen molar-refractivity contribution in [2.75, 3.05) is 5.43 Å². The average Bonchev–Trinajstić information content (AvgIpc) is 3.18. The van der Waals surface area contributed by atoms with E-state index in [1.165, 1.54) is 11.3 Å². The Hall–Kier alpha value is -3.52. The van der Waals surface area contributed by atoms with Gasteiger partial charge in [0.1, 0.15) is 5.78 Å². The van der Waals surface area contributed by atoms with E-state index >= 15 is 0 Å². The molecule has 0 radical (unpaired) electrons. The van der Waals surface area contributed by atoms with Gasteiger partial charge >= 0.3 is 11.9 Å². The van der Waals surface area contributed by atoms with E-state index in [2.05, 4.69) is 42.5 Å². The van der Waals surface area contributed by atoms with Gasteiger partial charge < -0.3 is 15.6 Å². The predicted molar refractivity (Wildman–Crippen MR) is 162 cm³/mol. The number of carbonyl (C=O) groups is 3. The molecule has 2 atom stereocenters. The van der Waals surface area contributed by atoms with Crippen molar-refractivity contribution < 1.29 is 24.6 Å². The summed E-state index contributed by atoms with van der Waals surface area (Å²) in [6, 6.07) is 17.9. The lowest BCUT2D eigenvalue weighted by Gasteiger charge is -2.26. The van der Waals surface area contributed by atoms with Crippen molar-refractivity contribution in [3.05, 3.63) is 60.2 Å². The zero-order chi connectivity index (χ0) is 30.0. The molecule has 2 aromatic rings. The summed E-state index contributed by atoms with van der Waals surface area (Å²) in [7, 11) is 0. The van der Waals surface area contributed by atoms with Crippen LogP contribution in [0.3, 0.4) is 0 Å². The van der Waals surface area contributed by atoms with Gasteiger partial charge in [0.05, 0.1) is 5.69 Å². The number of para-hydroxylation sites is 2. The van der Waals surface area contributed by atoms with Gasteiger partial charge in [0.15, 0.2) is 0 Å². The van der Waals surface area contributed by atoms with Gasteiger partial charge in [-0.3, -0.25) is 25.2 Å². The molecule has 1 heterocycles. The monoisotopic (exact) mass is 553 g/mol. The Morgan fingerprint density at radius 1 is 0.875 bits per heavy atom. The molecule has 40 heavy (non-hydrogen) atoms. The number of ketones is 1. The standard InChI is InChI=1S/C16H21NO2.C10H18O3.C6H8N2/c1-12-16(2,11-7-3-4-10-15(18)19)13-8-5-6-9-14(13)17-12;1-8(9(2)11)6-4-3-5-7-10(12)13;7-8-6-4-2-1-3-5-6/h5-6,8-9H,3-4,7,10-11H2,1-2H3,(H,18,19);8H,3-7H2,1-2H3,(H,12,13);1-5,8H,7H2. The molecule has 2 aromatic carbocycles. The first-order valence-electron chi connectivity index (χ1n) is 14.1. The molecular formula is C32H47N3O5. The quantitative estimate of drug-likeness (QED) is 0.109. The van der Waals surface area contributed by atoms with Gasteiger partial charge in [-0.2, -0.15) is 0 Å². The zero-order valence-corrected chi connectivity index (χ0v) is 24.5. The highest BCUT2D eigenvalue weighted by Crippen LogP contribution is 2.43. The minimum Gasteiger partial charge on any atom is -0.481 e. The first-order chi connectivity index (χ1) is 19.0. The molecule has 0 aliphatic carbocycles. The van der Waals surface area contributed by atoms with Gasteiger partial charge in [-0.1, -0.05) is 75.9 Å². The molecule has 0 amide bonds. The molecule has 1 aliphatic rings. The van der Waals surface area contributed by atoms with Crippen LogP contribution in [0.4, 0.5) is 11.4 Å². The van der Waals surface area contributed by atoms with Crippen LogP contribution >= 0.6 is 0 Å². The normalized spacial score (nSPS) is 15.8. The fraction of sp³-hybridized carbons (Fsp3) is 0.500. The van der Waals surface area contributed by atoms with Crippen LogP contribution in [0.2, 0.25) is 0 Å². The number of nitrogens with zero attached hydrogens (tertiary/aromatic N) is 1. The van der Waals surface area contributed by atoms with Crippen LogP contribution in [0.15, 0.2) is 59.6 Å². The van der Waals surface area contributed by atoms with Crippen LogP contribution in [0, 0.1) is 5.92 Å². The van der Waals surface area contributed by atoms with Crippen LogP contribution in [-0.4, -0.2) is 33.6 Å². The molecule has 220 valence electrons. The number of nitrogens with two attached hydrogens (primary N) is 1. The number of unbranched alkanes of at least 4 members (excludes halogenated alkanes) is 4. The molecule has 0 bridgehead atoms. The summed E-state index contributed by atoms with van der Waals surface area (Å²) >= 11 is 0. The number of hydrogen-bond donors (Lipinski definition) is 4. The maximum Gasteiger partial charge on any atom is 0.303 e. The third-order valence-electron chi connectivity index (χ3n) is 7.31. The lowest BCUT2D eigenvalue weighted by molar-refractivity contribution is -0.138. The Morgan fingerprint density at radius 3 is 1.95 bits per heavy atom. The summed E-state index contributed by atoms with van der Waals surface area (Å²) < 4.78 is 0. The molecule has 0 spiro atoms. The fourth-order valence-corrected chi connectivity index (χ4v) is 4.42. The lowest BCUT2D eigenvalue weighted by Crippen LogP contribution is -2.27. The Labute approximate surface area is 239 Å². The molecule has 0 saturated heterocycles. The minimum absolute atomic E-state index is 0.0276. The fourth-order valence-electron chi connectivity index (χ4n) is 4.42. The smallest absolute Gasteiger partial charge is 0.303 e. The van der Waals surface area contributed by atoms with Crippen molar-refractivity contribution >= 4 is 34.8 Å². The summed E-state index contributed by atoms with van der Waals surface area (Å²) in [5, 5.41) is 17.0. The number of anilines is 1. The minimum atomic E-state index is -0.736. The van der Waals surface area contributed by atoms with Crippen molar-refractivity contribution in [1.29, 1.82) is 0 Å². The highest BCUT2D eigenvalue weighted by Gasteiger charge is 2.35. The van der Waals surface area contributed by atoms with E-state index in [9.17, 15) is 14.4 Å². The number of carbonyl (C=O) groups excluding carboxylic acids is 1. The first-order valence-corrected chi connectivity index (χ1v) is 14.1. The van der Waals surface area contributed by atoms with Gasteiger partial charge in [-0.05, 0) is 63.3 Å². The third kappa shape index (κ3) is 13.0. The molecule has 3 rings (SSSR count). The van der Waals surface area contributed by atoms with E-state index in [1.54, 1.807) is 6.92 Å². The van der Waals surface area contributed by atoms with Gasteiger partial charge in [0, 0.05) is 35.6 Å². The maximum atomic E-state index is 10.8. The Balaban J connectivity index is 0.000000329. The Morgan fingerprint density at radius 2 is 1.43 bits per heavy atom. The number of hydrazine groups is 1. The van der Waals surface area contributed by atoms with Crippen molar-refractivity contribution in [2.45, 2.75) is 97.3 Å². The summed E-state index contributed by atoms with van der Waals surface area (Å²) in [6.45, 7) is 7.85. The molecule has 0 aromatic heterocycles. The first kappa shape index (κ1) is 34.5. The second kappa shape index (κ2) is 18.7. The maximum absolute atomic E-state index is 10.8. The van der Waals surface area contributed by atoms with Crippen LogP contribution in [-0.2, 0) is 19.8 Å². The number of carboxylic acids is 2. The van der Waals surface area contributed by atoms with Gasteiger partial charge in [0.25, 0.3) is 0 Å². The lowest BCUT2D eigenvalue weighted by atomic mass is 9.76. The van der Waals surface area contributed by atoms with E-state index in [-0.39, 0.29) is 30.0 Å². The number of carboxylic acid groups (broad SMARTS) is 2. The van der Waals surface area contributed by atoms with Gasteiger partial charge in [-0.25, -0.2) is 0 Å². The number of nitrogens with one attached hydrogen (secondary N) is 1. The second-order valence-corrected chi connectivity index (χ2v) is 10.5. The number of fused-ring (bicyclic) bond motifs is 1. The Bertz CT molecular complexity index is 1090. The van der Waals surface area contributed by atoms with E-state index in [0.717, 1.165) is 62.7 Å². The predicted octanol–water partition coefficient (Wildman–Crippen LogP) is 7.30. The molecule has 0 saturated carbocycles. The topological polar surface area (TPSA) is 142 Å². The molecule has 8 nitrogen and oxygen atoms in total. The third-order valence-corrected chi connectivity index (χ3v) is 7.31. The highest BCUT2D eigenvalue weighted by molar-refractivity contribution is 5.99. The summed E-state index contributed by atoms with van der Waals surface area (Å²) in [5.41, 5.74) is 7.07. The number of hydrogen-bond acceptors (Lipinski definition) is 6. The van der Waals surface area contributed by atoms with E-state index in [4.69, 9.17) is 16.1 Å². The molecule has 2 unspecified atom stereocenters. The summed E-state index contributed by atoms with van der Waals surface area (Å²) in [4.78, 5) is 36.1. The van der Waals surface area contributed by atoms with Crippen molar-refractivity contribution in [2.24, 2.45) is 16.8 Å². The van der Waals surface area contributed by atoms with Gasteiger partial charge in [-0.15, -0.1) is 0 Å². The molecule has 0 fully saturated rings. The number of rotatable bonds is 14. The second-order valence-electron chi connectivity index (χ2n) is 10.5. The number of aliphatic imine (C=N–C) groups is 1. The van der Waals surface area contributed by atoms with E-state index in [1.807, 2.05) is 43.3 Å². The molecule has 1 aliphatic heterocycles. The van der Waals surface area contributed by atoms with E-state index < -0.39 is 11.9 Å². The van der Waals surface area contributed by atoms with Crippen LogP contribution in [0.1, 0.15) is 97.5 Å². The largest absolute Gasteiger partial charge is 0.481 e. The number of nitrogen functional groups attached to an aromatic ring is 1.